The topological polar surface area (TPSA) is 69.5 Å². The third-order valence-corrected chi connectivity index (χ3v) is 14.8. The van der Waals surface area contributed by atoms with E-state index in [-0.39, 0.29) is 79.9 Å². The van der Waals surface area contributed by atoms with Gasteiger partial charge in [0, 0.05) is 99.9 Å². The van der Waals surface area contributed by atoms with E-state index in [1.807, 2.05) is 164 Å². The van der Waals surface area contributed by atoms with Gasteiger partial charge in [-0.2, -0.15) is 71.0 Å². The summed E-state index contributed by atoms with van der Waals surface area (Å²) in [6, 6.07) is 29.9. The smallest absolute Gasteiger partial charge is 0.656 e. The molecule has 0 spiro atoms. The van der Waals surface area contributed by atoms with Gasteiger partial charge in [0.1, 0.15) is 26.2 Å². The van der Waals surface area contributed by atoms with Crippen LogP contribution in [0.25, 0.3) is 91.4 Å². The molecule has 90 heavy (non-hydrogen) atoms. The van der Waals surface area contributed by atoms with E-state index in [2.05, 4.69) is 0 Å². The maximum atomic E-state index is 13.2. The average Bonchev–Trinajstić information content (AvgIpc) is 2.19. The van der Waals surface area contributed by atoms with Crippen LogP contribution in [0.5, 0.6) is 0 Å². The maximum absolute atomic E-state index is 13.2. The largest absolute Gasteiger partial charge is 2.00 e. The Kier molecular flexibility index (Phi) is 29.4. The molecule has 0 saturated carbocycles. The predicted molar refractivity (Wildman–Crippen MR) is 329 cm³/mol. The first-order chi connectivity index (χ1) is 40.2. The van der Waals surface area contributed by atoms with Gasteiger partial charge < -0.3 is 47.1 Å². The van der Waals surface area contributed by atoms with E-state index in [4.69, 9.17) is 19.9 Å². The number of alkyl halides is 12. The second-order valence-corrected chi connectivity index (χ2v) is 21.2. The Hall–Kier alpha value is -7.12. The van der Waals surface area contributed by atoms with Crippen LogP contribution in [0.2, 0.25) is 0 Å². The van der Waals surface area contributed by atoms with Crippen LogP contribution >= 0.6 is 0 Å². The molecule has 21 heteroatoms. The number of aryl methyl sites for hydroxylation is 4. The third-order valence-electron chi connectivity index (χ3n) is 14.8. The zero-order valence-corrected chi connectivity index (χ0v) is 52.7. The zero-order chi connectivity index (χ0) is 59.5. The summed E-state index contributed by atoms with van der Waals surface area (Å²) >= 11 is 0. The second kappa shape index (κ2) is 34.3. The number of hydrogen-bond acceptors (Lipinski definition) is 2. The van der Waals surface area contributed by atoms with Gasteiger partial charge in [-0.05, 0) is 99.9 Å². The molecule has 0 N–H and O–H groups in total. The quantitative estimate of drug-likeness (QED) is 0.0199. The van der Waals surface area contributed by atoms with E-state index in [9.17, 15) is 52.7 Å². The molecule has 0 amide bonds. The molecule has 0 fully saturated rings. The molecule has 9 heterocycles. The molecule has 0 aliphatic carbocycles. The Morgan fingerprint density at radius 1 is 0.289 bits per heavy atom. The molecule has 487 valence electrons. The van der Waals surface area contributed by atoms with Crippen molar-refractivity contribution in [3.8, 4) is 45.0 Å². The summed E-state index contributed by atoms with van der Waals surface area (Å²) in [5, 5.41) is 0. The normalized spacial score (nSPS) is 12.0. The van der Waals surface area contributed by atoms with Gasteiger partial charge in [-0.25, -0.2) is 9.97 Å². The van der Waals surface area contributed by atoms with E-state index >= 15 is 0 Å². The number of unbranched alkanes of at least 4 members (excludes halogenated alkanes) is 8. The summed E-state index contributed by atoms with van der Waals surface area (Å²) in [4.78, 5) is 21.6. The number of rotatable bonds is 24. The Bertz CT molecular complexity index is 3170. The Morgan fingerprint density at radius 3 is 0.700 bits per heavy atom. The van der Waals surface area contributed by atoms with Crippen LogP contribution in [0.3, 0.4) is 0 Å². The van der Waals surface area contributed by atoms with Crippen molar-refractivity contribution in [3.63, 3.8) is 0 Å². The molecule has 9 rings (SSSR count). The minimum absolute atomic E-state index is 0. The van der Waals surface area contributed by atoms with Crippen molar-refractivity contribution >= 4 is 46.4 Å². The van der Waals surface area contributed by atoms with Crippen LogP contribution in [0.4, 0.5) is 52.7 Å². The molecule has 2 aliphatic heterocycles. The SMILES string of the molecule is FC(F)(F)CCCCC[n+]1ccccc1-c1c2nc(c(-c3cccc[n+]3CCCCCC(F)(F)F)c3ccc([n-]3)c(-c3cccc[n+]3CCCCCC(F)(F)F)c3nc(c(-c4cccc[n+]4CCCCCC(F)(F)F)c4ccc1[n-]4)C=C3)C=C2.[CH3-].[CH3-].[CH3-].[CH3-].[CH3-].[Mn+2]. The zero-order valence-electron chi connectivity index (χ0n) is 51.5. The number of fused-ring (bicyclic) bond motifs is 8. The molecule has 0 aromatic carbocycles. The fraction of sp³-hybridized carbons (Fsp3) is 0.348. The first-order valence-corrected chi connectivity index (χ1v) is 28.5. The molecular weight excluding hydrogens is 1220 g/mol. The first-order valence-electron chi connectivity index (χ1n) is 28.5. The summed E-state index contributed by atoms with van der Waals surface area (Å²) in [5.41, 5.74) is 9.04. The molecule has 7 aromatic heterocycles. The van der Waals surface area contributed by atoms with Gasteiger partial charge in [-0.1, -0.05) is 24.3 Å². The molecule has 8 nitrogen and oxygen atoms in total. The molecular formula is C69H79F12MnN8-. The Labute approximate surface area is 532 Å². The van der Waals surface area contributed by atoms with E-state index < -0.39 is 50.4 Å². The standard InChI is InChI=1S/C64H64F12N8.5CH3.Mn/c65-61(66,67)33-9-1-13-37-81-41-17-5-21-53(81)57-45-25-27-47(77-45)58(54-22-6-18-42-82(54)38-14-2-10-34-62(68,69)70)49-29-31-51(79-49)60(56-24-8-20-44-84(56)40-16-4-12-36-64(74,75)76)52-32-30-50(80-52)59(48-28-26-46(57)78-48)55-23-7-19-43-83(55)39-15-3-11-35-63(71,72)73;;;;;;/h5-8,17-32,41-44H,1-4,9-16,33-40H2;5*1H3;/q+2;5*-1;+2. The van der Waals surface area contributed by atoms with Crippen LogP contribution in [-0.4, -0.2) is 34.7 Å². The summed E-state index contributed by atoms with van der Waals surface area (Å²) < 4.78 is 167. The number of hydrogen-bond donors (Lipinski definition) is 0. The monoisotopic (exact) mass is 1300 g/mol. The van der Waals surface area contributed by atoms with Crippen molar-refractivity contribution in [3.05, 3.63) is 182 Å². The third kappa shape index (κ3) is 21.0. The second-order valence-electron chi connectivity index (χ2n) is 21.2. The molecule has 8 bridgehead atoms. The van der Waals surface area contributed by atoms with Gasteiger partial charge >= 0.3 is 41.8 Å². The first kappa shape index (κ1) is 77.1. The predicted octanol–water partition coefficient (Wildman–Crippen LogP) is 18.5. The van der Waals surface area contributed by atoms with Gasteiger partial charge in [-0.15, -0.1) is 22.1 Å². The molecule has 7 aromatic rings. The summed E-state index contributed by atoms with van der Waals surface area (Å²) in [6.07, 6.45) is -2.86. The molecule has 2 aliphatic rings. The number of halogens is 12. The van der Waals surface area contributed by atoms with Crippen molar-refractivity contribution < 1.29 is 88.0 Å². The van der Waals surface area contributed by atoms with Crippen molar-refractivity contribution in [2.75, 3.05) is 0 Å². The van der Waals surface area contributed by atoms with Gasteiger partial charge in [0.05, 0.1) is 45.0 Å². The number of aromatic nitrogens is 8. The minimum Gasteiger partial charge on any atom is -0.656 e. The van der Waals surface area contributed by atoms with E-state index in [1.54, 1.807) is 0 Å². The fourth-order valence-electron chi connectivity index (χ4n) is 10.9. The number of pyridine rings is 4. The van der Waals surface area contributed by atoms with Crippen molar-refractivity contribution in [2.24, 2.45) is 0 Å². The van der Waals surface area contributed by atoms with Gasteiger partial charge in [0.2, 0.25) is 22.8 Å². The average molecular weight is 1300 g/mol. The molecule has 0 atom stereocenters. The maximum Gasteiger partial charge on any atom is 2.00 e. The van der Waals surface area contributed by atoms with E-state index in [0.29, 0.717) is 167 Å². The van der Waals surface area contributed by atoms with E-state index in [0.717, 1.165) is 0 Å². The molecule has 0 saturated heterocycles. The van der Waals surface area contributed by atoms with Crippen molar-refractivity contribution in [1.82, 2.24) is 19.9 Å². The van der Waals surface area contributed by atoms with Crippen molar-refractivity contribution in [1.29, 1.82) is 0 Å². The summed E-state index contributed by atoms with van der Waals surface area (Å²) in [6.45, 7) is 1.47. The summed E-state index contributed by atoms with van der Waals surface area (Å²) in [5.74, 6) is 0. The molecule has 1 radical (unpaired) electrons. The Balaban J connectivity index is 0.00000353. The van der Waals surface area contributed by atoms with Crippen LogP contribution in [0.15, 0.2) is 122 Å². The fourth-order valence-corrected chi connectivity index (χ4v) is 10.9. The van der Waals surface area contributed by atoms with Crippen LogP contribution in [-0.2, 0) is 43.2 Å². The van der Waals surface area contributed by atoms with Gasteiger partial charge in [0.15, 0.2) is 24.8 Å². The van der Waals surface area contributed by atoms with Crippen LogP contribution < -0.4 is 28.2 Å². The van der Waals surface area contributed by atoms with Crippen LogP contribution in [0, 0.1) is 37.1 Å². The van der Waals surface area contributed by atoms with Gasteiger partial charge in [0.25, 0.3) is 0 Å². The van der Waals surface area contributed by atoms with Crippen LogP contribution in [0.1, 0.15) is 126 Å². The minimum atomic E-state index is -4.28. The summed E-state index contributed by atoms with van der Waals surface area (Å²) in [7, 11) is 0. The van der Waals surface area contributed by atoms with E-state index in [1.165, 1.54) is 0 Å². The Morgan fingerprint density at radius 2 is 0.500 bits per heavy atom. The molecule has 0 unspecified atom stereocenters. The van der Waals surface area contributed by atoms with Gasteiger partial charge in [-0.3, -0.25) is 0 Å². The van der Waals surface area contributed by atoms with Crippen molar-refractivity contribution in [2.45, 2.75) is 154 Å². The number of nitrogens with zero attached hydrogens (tertiary/aromatic N) is 8.